The average molecular weight is 277 g/mol. The van der Waals surface area contributed by atoms with Crippen LogP contribution in [0.3, 0.4) is 0 Å². The summed E-state index contributed by atoms with van der Waals surface area (Å²) in [6, 6.07) is 3.34. The molecule has 1 rings (SSSR count). The molecular formula is C11H19NO3S2. The number of aliphatic hydroxyl groups is 1. The molecule has 0 saturated heterocycles. The maximum atomic E-state index is 12.3. The third kappa shape index (κ3) is 3.28. The Balaban J connectivity index is 3.03. The molecule has 4 nitrogen and oxygen atoms in total. The molecule has 17 heavy (non-hydrogen) atoms. The molecule has 0 amide bonds. The zero-order valence-corrected chi connectivity index (χ0v) is 12.0. The van der Waals surface area contributed by atoms with Gasteiger partial charge in [-0.2, -0.15) is 4.31 Å². The van der Waals surface area contributed by atoms with Gasteiger partial charge in [0, 0.05) is 30.5 Å². The van der Waals surface area contributed by atoms with E-state index in [1.165, 1.54) is 15.6 Å². The van der Waals surface area contributed by atoms with Crippen LogP contribution in [0, 0.1) is 0 Å². The summed E-state index contributed by atoms with van der Waals surface area (Å²) in [4.78, 5) is 0.894. The van der Waals surface area contributed by atoms with Crippen molar-refractivity contribution in [3.8, 4) is 0 Å². The van der Waals surface area contributed by atoms with Crippen molar-refractivity contribution in [1.82, 2.24) is 4.31 Å². The Labute approximate surface area is 107 Å². The van der Waals surface area contributed by atoms with Gasteiger partial charge in [-0.3, -0.25) is 0 Å². The first-order valence-electron chi connectivity index (χ1n) is 5.64. The van der Waals surface area contributed by atoms with Gasteiger partial charge in [-0.15, -0.1) is 11.3 Å². The number of hydrogen-bond acceptors (Lipinski definition) is 4. The minimum Gasteiger partial charge on any atom is -0.396 e. The van der Waals surface area contributed by atoms with Crippen LogP contribution in [0.1, 0.15) is 25.6 Å². The van der Waals surface area contributed by atoms with Gasteiger partial charge >= 0.3 is 0 Å². The molecule has 1 aromatic rings. The van der Waals surface area contributed by atoms with Gasteiger partial charge < -0.3 is 5.11 Å². The molecule has 0 unspecified atom stereocenters. The molecular weight excluding hydrogens is 258 g/mol. The van der Waals surface area contributed by atoms with Gasteiger partial charge in [-0.1, -0.05) is 6.92 Å². The van der Waals surface area contributed by atoms with E-state index in [1.54, 1.807) is 12.1 Å². The fourth-order valence-electron chi connectivity index (χ4n) is 1.67. The van der Waals surface area contributed by atoms with Crippen molar-refractivity contribution in [2.24, 2.45) is 0 Å². The Hall–Kier alpha value is -0.430. The van der Waals surface area contributed by atoms with Crippen LogP contribution in [0.15, 0.2) is 16.3 Å². The van der Waals surface area contributed by atoms with Gasteiger partial charge in [0.05, 0.1) is 0 Å². The number of hydrogen-bond donors (Lipinski definition) is 1. The second-order valence-corrected chi connectivity index (χ2v) is 7.28. The first kappa shape index (κ1) is 14.6. The van der Waals surface area contributed by atoms with Crippen molar-refractivity contribution in [3.63, 3.8) is 0 Å². The van der Waals surface area contributed by atoms with E-state index in [1.807, 2.05) is 20.8 Å². The third-order valence-corrected chi connectivity index (χ3v) is 6.21. The maximum absolute atomic E-state index is 12.3. The molecule has 0 aromatic carbocycles. The third-order valence-electron chi connectivity index (χ3n) is 2.45. The van der Waals surface area contributed by atoms with Crippen molar-refractivity contribution in [3.05, 3.63) is 17.0 Å². The molecule has 0 radical (unpaired) electrons. The van der Waals surface area contributed by atoms with Crippen LogP contribution in [-0.2, 0) is 16.4 Å². The molecule has 6 heteroatoms. The van der Waals surface area contributed by atoms with Crippen LogP contribution in [0.2, 0.25) is 0 Å². The molecule has 1 aromatic heterocycles. The molecule has 0 aliphatic carbocycles. The highest BCUT2D eigenvalue weighted by Crippen LogP contribution is 2.26. The molecule has 0 atom stereocenters. The first-order valence-corrected chi connectivity index (χ1v) is 7.90. The molecule has 98 valence electrons. The largest absolute Gasteiger partial charge is 0.396 e. The van der Waals surface area contributed by atoms with Gasteiger partial charge in [0.2, 0.25) is 0 Å². The van der Waals surface area contributed by atoms with Crippen molar-refractivity contribution in [1.29, 1.82) is 0 Å². The van der Waals surface area contributed by atoms with E-state index >= 15 is 0 Å². The van der Waals surface area contributed by atoms with Crippen LogP contribution in [-0.4, -0.2) is 37.0 Å². The summed E-state index contributed by atoms with van der Waals surface area (Å²) >= 11 is 1.24. The van der Waals surface area contributed by atoms with Crippen LogP contribution in [0.25, 0.3) is 0 Å². The minimum absolute atomic E-state index is 0.0433. The summed E-state index contributed by atoms with van der Waals surface area (Å²) in [7, 11) is -3.38. The van der Waals surface area contributed by atoms with Crippen LogP contribution < -0.4 is 0 Å². The Morgan fingerprint density at radius 2 is 2.06 bits per heavy atom. The van der Waals surface area contributed by atoms with Gasteiger partial charge in [-0.25, -0.2) is 8.42 Å². The predicted molar refractivity (Wildman–Crippen MR) is 69.8 cm³/mol. The quantitative estimate of drug-likeness (QED) is 0.861. The highest BCUT2D eigenvalue weighted by Gasteiger charge is 2.26. The van der Waals surface area contributed by atoms with Crippen molar-refractivity contribution >= 4 is 21.4 Å². The molecule has 1 N–H and O–H groups in total. The second-order valence-electron chi connectivity index (χ2n) is 4.00. The summed E-state index contributed by atoms with van der Waals surface area (Å²) in [5.41, 5.74) is 0. The van der Waals surface area contributed by atoms with Crippen LogP contribution in [0.4, 0.5) is 0 Å². The normalized spacial score (nSPS) is 12.6. The Morgan fingerprint density at radius 3 is 2.53 bits per heavy atom. The van der Waals surface area contributed by atoms with E-state index in [-0.39, 0.29) is 12.6 Å². The highest BCUT2D eigenvalue weighted by molar-refractivity contribution is 7.91. The first-order chi connectivity index (χ1) is 7.93. The Morgan fingerprint density at radius 1 is 1.41 bits per heavy atom. The van der Waals surface area contributed by atoms with E-state index in [9.17, 15) is 8.42 Å². The standard InChI is InChI=1S/C11H19NO3S2/c1-4-12(9(2)3)17(14,15)11-6-5-10(16-11)7-8-13/h5-6,9,13H,4,7-8H2,1-3H3. The lowest BCUT2D eigenvalue weighted by atomic mass is 10.4. The minimum atomic E-state index is -3.38. The van der Waals surface area contributed by atoms with Crippen molar-refractivity contribution in [2.75, 3.05) is 13.2 Å². The molecule has 0 spiro atoms. The number of thiophene rings is 1. The smallest absolute Gasteiger partial charge is 0.252 e. The molecule has 0 fully saturated rings. The summed E-state index contributed by atoms with van der Waals surface area (Å²) in [6.07, 6.45) is 0.508. The SMILES string of the molecule is CCN(C(C)C)S(=O)(=O)c1ccc(CCO)s1. The van der Waals surface area contributed by atoms with E-state index in [0.717, 1.165) is 4.88 Å². The second kappa shape index (κ2) is 5.95. The van der Waals surface area contributed by atoms with Gasteiger partial charge in [-0.05, 0) is 26.0 Å². The average Bonchev–Trinajstić information content (AvgIpc) is 2.67. The number of nitrogens with zero attached hydrogens (tertiary/aromatic N) is 1. The van der Waals surface area contributed by atoms with E-state index in [0.29, 0.717) is 17.2 Å². The zero-order chi connectivity index (χ0) is 13.1. The van der Waals surface area contributed by atoms with Gasteiger partial charge in [0.15, 0.2) is 0 Å². The number of rotatable bonds is 6. The topological polar surface area (TPSA) is 57.6 Å². The fraction of sp³-hybridized carbons (Fsp3) is 0.636. The lowest BCUT2D eigenvalue weighted by Crippen LogP contribution is -2.36. The molecule has 0 saturated carbocycles. The summed E-state index contributed by atoms with van der Waals surface area (Å²) in [5.74, 6) is 0. The summed E-state index contributed by atoms with van der Waals surface area (Å²) in [5, 5.41) is 8.82. The monoisotopic (exact) mass is 277 g/mol. The highest BCUT2D eigenvalue weighted by atomic mass is 32.2. The Bertz CT molecular complexity index is 451. The predicted octanol–water partition coefficient (Wildman–Crippen LogP) is 1.70. The summed E-state index contributed by atoms with van der Waals surface area (Å²) < 4.78 is 26.4. The maximum Gasteiger partial charge on any atom is 0.252 e. The molecule has 0 bridgehead atoms. The molecule has 1 heterocycles. The Kier molecular flexibility index (Phi) is 5.12. The molecule has 0 aliphatic rings. The number of aliphatic hydroxyl groups excluding tert-OH is 1. The van der Waals surface area contributed by atoms with Crippen LogP contribution >= 0.6 is 11.3 Å². The molecule has 0 aliphatic heterocycles. The van der Waals surface area contributed by atoms with E-state index in [2.05, 4.69) is 0 Å². The lowest BCUT2D eigenvalue weighted by molar-refractivity contribution is 0.300. The van der Waals surface area contributed by atoms with Crippen LogP contribution in [0.5, 0.6) is 0 Å². The number of sulfonamides is 1. The van der Waals surface area contributed by atoms with E-state index < -0.39 is 10.0 Å². The van der Waals surface area contributed by atoms with Crippen molar-refractivity contribution < 1.29 is 13.5 Å². The summed E-state index contributed by atoms with van der Waals surface area (Å²) in [6.45, 7) is 6.07. The fourth-order valence-corrected chi connectivity index (χ4v) is 4.79. The van der Waals surface area contributed by atoms with Gasteiger partial charge in [0.25, 0.3) is 10.0 Å². The zero-order valence-electron chi connectivity index (χ0n) is 10.4. The lowest BCUT2D eigenvalue weighted by Gasteiger charge is -2.23. The van der Waals surface area contributed by atoms with Crippen molar-refractivity contribution in [2.45, 2.75) is 37.4 Å². The van der Waals surface area contributed by atoms with Gasteiger partial charge in [0.1, 0.15) is 4.21 Å². The van der Waals surface area contributed by atoms with E-state index in [4.69, 9.17) is 5.11 Å².